The molecule has 0 amide bonds. The van der Waals surface area contributed by atoms with Gasteiger partial charge >= 0.3 is 0 Å². The molecule has 44 heavy (non-hydrogen) atoms. The summed E-state index contributed by atoms with van der Waals surface area (Å²) >= 11 is 0. The van der Waals surface area contributed by atoms with Crippen LogP contribution in [0.15, 0.2) is 72.8 Å². The second kappa shape index (κ2) is 11.2. The van der Waals surface area contributed by atoms with E-state index in [-0.39, 0.29) is 11.5 Å². The highest BCUT2D eigenvalue weighted by Crippen LogP contribution is 2.54. The molecule has 2 heterocycles. The Morgan fingerprint density at radius 3 is 1.11 bits per heavy atom. The van der Waals surface area contributed by atoms with Crippen molar-refractivity contribution in [2.45, 2.75) is 37.5 Å². The molecule has 0 aromatic heterocycles. The fourth-order valence-electron chi connectivity index (χ4n) is 6.86. The first-order chi connectivity index (χ1) is 20.8. The normalized spacial score (nSPS) is 26.1. The first-order valence-electron chi connectivity index (χ1n) is 14.1. The van der Waals surface area contributed by atoms with Crippen LogP contribution in [-0.4, -0.2) is 39.8 Å². The lowest BCUT2D eigenvalue weighted by Crippen LogP contribution is -2.46. The van der Waals surface area contributed by atoms with Crippen LogP contribution in [0.3, 0.4) is 0 Å². The number of nitrogens with zero attached hydrogens (tertiary/aromatic N) is 4. The number of sulfone groups is 2. The van der Waals surface area contributed by atoms with E-state index in [4.69, 9.17) is 0 Å². The predicted molar refractivity (Wildman–Crippen MR) is 164 cm³/mol. The maximum Gasteiger partial charge on any atom is 0.159 e. The van der Waals surface area contributed by atoms with Crippen molar-refractivity contribution in [3.63, 3.8) is 0 Å². The molecule has 3 aromatic carbocycles. The van der Waals surface area contributed by atoms with Crippen LogP contribution in [0, 0.1) is 70.0 Å². The Balaban J connectivity index is 1.67. The van der Waals surface area contributed by atoms with Crippen molar-refractivity contribution >= 4 is 19.7 Å². The Morgan fingerprint density at radius 2 is 0.818 bits per heavy atom. The number of aryl methyl sites for hydroxylation is 2. The molecule has 8 nitrogen and oxygen atoms in total. The van der Waals surface area contributed by atoms with Crippen molar-refractivity contribution in [2.24, 2.45) is 10.8 Å². The molecule has 0 aliphatic carbocycles. The smallest absolute Gasteiger partial charge is 0.159 e. The second-order valence-electron chi connectivity index (χ2n) is 12.0. The van der Waals surface area contributed by atoms with Crippen LogP contribution in [0.5, 0.6) is 0 Å². The van der Waals surface area contributed by atoms with E-state index in [1.165, 1.54) is 0 Å². The largest absolute Gasteiger partial charge is 0.229 e. The van der Waals surface area contributed by atoms with Gasteiger partial charge in [0.2, 0.25) is 0 Å². The minimum atomic E-state index is -3.72. The molecule has 0 radical (unpaired) electrons. The molecule has 0 bridgehead atoms. The van der Waals surface area contributed by atoms with Crippen LogP contribution in [0.25, 0.3) is 0 Å². The van der Waals surface area contributed by atoms with E-state index in [1.54, 1.807) is 48.5 Å². The average Bonchev–Trinajstić information content (AvgIpc) is 3.01. The topological polar surface area (TPSA) is 163 Å². The number of hydrogen-bond donors (Lipinski definition) is 0. The van der Waals surface area contributed by atoms with Crippen molar-refractivity contribution in [3.8, 4) is 24.3 Å². The lowest BCUT2D eigenvalue weighted by atomic mass is 9.63. The molecule has 0 N–H and O–H groups in total. The van der Waals surface area contributed by atoms with E-state index in [2.05, 4.69) is 24.3 Å². The SMILES string of the molecule is Cc1ccc(C2CS(=O)(=O)CC(c3cccc(C4CS(=O)(=O)CC(c5ccc(C)cc5)C4(C#N)C#N)c3)C2(C#N)C#N)cc1. The number of hydrogen-bond acceptors (Lipinski definition) is 8. The zero-order valence-corrected chi connectivity index (χ0v) is 25.9. The van der Waals surface area contributed by atoms with E-state index in [9.17, 15) is 37.9 Å². The molecule has 222 valence electrons. The maximum absolute atomic E-state index is 13.3. The quantitative estimate of drug-likeness (QED) is 0.394. The van der Waals surface area contributed by atoms with Crippen molar-refractivity contribution in [2.75, 3.05) is 23.0 Å². The Morgan fingerprint density at radius 1 is 0.523 bits per heavy atom. The maximum atomic E-state index is 13.3. The standard InChI is InChI=1S/C34H30N4O4S2/c1-23-6-10-25(11-7-23)29-15-43(39,40)17-31(33(29,19-35)20-36)27-4-3-5-28(14-27)32-18-44(41,42)16-30(34(32,21-37)22-38)26-12-8-24(2)9-13-26/h3-14,29-32H,15-18H2,1-2H3. The highest BCUT2D eigenvalue weighted by Gasteiger charge is 2.57. The van der Waals surface area contributed by atoms with Crippen LogP contribution >= 0.6 is 0 Å². The van der Waals surface area contributed by atoms with Gasteiger partial charge in [0, 0.05) is 23.7 Å². The Labute approximate surface area is 258 Å². The summed E-state index contributed by atoms with van der Waals surface area (Å²) in [5.74, 6) is -5.60. The summed E-state index contributed by atoms with van der Waals surface area (Å²) in [6.45, 7) is 3.77. The molecule has 2 aliphatic heterocycles. The summed E-state index contributed by atoms with van der Waals surface area (Å²) in [7, 11) is -7.44. The van der Waals surface area contributed by atoms with E-state index < -0.39 is 65.7 Å². The van der Waals surface area contributed by atoms with Gasteiger partial charge in [-0.3, -0.25) is 0 Å². The fourth-order valence-corrected chi connectivity index (χ4v) is 11.0. The Kier molecular flexibility index (Phi) is 7.89. The van der Waals surface area contributed by atoms with Crippen LogP contribution in [-0.2, 0) is 19.7 Å². The second-order valence-corrected chi connectivity index (χ2v) is 16.3. The van der Waals surface area contributed by atoms with Crippen molar-refractivity contribution < 1.29 is 16.8 Å². The van der Waals surface area contributed by atoms with Crippen molar-refractivity contribution in [3.05, 3.63) is 106 Å². The summed E-state index contributed by atoms with van der Waals surface area (Å²) in [6, 6.07) is 29.3. The number of rotatable bonds is 4. The molecule has 4 atom stereocenters. The number of benzene rings is 3. The van der Waals surface area contributed by atoms with Gasteiger partial charge in [-0.1, -0.05) is 83.9 Å². The fraction of sp³-hybridized carbons (Fsp3) is 0.353. The zero-order valence-electron chi connectivity index (χ0n) is 24.3. The highest BCUT2D eigenvalue weighted by atomic mass is 32.2. The minimum absolute atomic E-state index is 0.363. The van der Waals surface area contributed by atoms with E-state index >= 15 is 0 Å². The van der Waals surface area contributed by atoms with Crippen LogP contribution in [0.1, 0.15) is 57.1 Å². The third-order valence-electron chi connectivity index (χ3n) is 9.30. The van der Waals surface area contributed by atoms with Crippen LogP contribution in [0.2, 0.25) is 0 Å². The van der Waals surface area contributed by atoms with E-state index in [1.807, 2.05) is 38.1 Å². The van der Waals surface area contributed by atoms with E-state index in [0.717, 1.165) is 11.1 Å². The van der Waals surface area contributed by atoms with Gasteiger partial charge in [-0.2, -0.15) is 21.0 Å². The van der Waals surface area contributed by atoms with Gasteiger partial charge in [0.15, 0.2) is 30.5 Å². The first-order valence-corrected chi connectivity index (χ1v) is 17.8. The first kappa shape index (κ1) is 31.0. The lowest BCUT2D eigenvalue weighted by Gasteiger charge is -2.42. The third-order valence-corrected chi connectivity index (χ3v) is 12.7. The van der Waals surface area contributed by atoms with Gasteiger partial charge in [0.1, 0.15) is 0 Å². The predicted octanol–water partition coefficient (Wildman–Crippen LogP) is 4.96. The molecule has 2 saturated heterocycles. The number of nitriles is 4. The van der Waals surface area contributed by atoms with Gasteiger partial charge in [0.25, 0.3) is 0 Å². The van der Waals surface area contributed by atoms with Gasteiger partial charge in [0.05, 0.1) is 47.3 Å². The average molecular weight is 623 g/mol. The molecule has 3 aromatic rings. The summed E-state index contributed by atoms with van der Waals surface area (Å²) in [4.78, 5) is 0. The highest BCUT2D eigenvalue weighted by molar-refractivity contribution is 7.91. The third kappa shape index (κ3) is 5.26. The van der Waals surface area contributed by atoms with Gasteiger partial charge in [-0.05, 0) is 36.1 Å². The molecule has 10 heteroatoms. The monoisotopic (exact) mass is 622 g/mol. The zero-order chi connectivity index (χ0) is 31.9. The summed E-state index contributed by atoms with van der Waals surface area (Å²) < 4.78 is 53.2. The van der Waals surface area contributed by atoms with Crippen LogP contribution in [0.4, 0.5) is 0 Å². The lowest BCUT2D eigenvalue weighted by molar-refractivity contribution is 0.344. The molecule has 2 fully saturated rings. The summed E-state index contributed by atoms with van der Waals surface area (Å²) in [5.41, 5.74) is 0.261. The van der Waals surface area contributed by atoms with Crippen LogP contribution < -0.4 is 0 Å². The summed E-state index contributed by atoms with van der Waals surface area (Å²) in [6.07, 6.45) is 0. The summed E-state index contributed by atoms with van der Waals surface area (Å²) in [5, 5.41) is 42.1. The minimum Gasteiger partial charge on any atom is -0.229 e. The van der Waals surface area contributed by atoms with Gasteiger partial charge < -0.3 is 0 Å². The van der Waals surface area contributed by atoms with Gasteiger partial charge in [-0.15, -0.1) is 0 Å². The molecular weight excluding hydrogens is 593 g/mol. The Bertz CT molecular complexity index is 1820. The molecule has 0 spiro atoms. The van der Waals surface area contributed by atoms with Gasteiger partial charge in [-0.25, -0.2) is 16.8 Å². The van der Waals surface area contributed by atoms with Crippen molar-refractivity contribution in [1.29, 1.82) is 21.0 Å². The molecule has 2 aliphatic rings. The van der Waals surface area contributed by atoms with Crippen molar-refractivity contribution in [1.82, 2.24) is 0 Å². The van der Waals surface area contributed by atoms with E-state index in [0.29, 0.717) is 22.3 Å². The molecule has 0 saturated carbocycles. The molecule has 5 rings (SSSR count). The molecular formula is C34H30N4O4S2. The molecule has 4 unspecified atom stereocenters. The Hall–Kier alpha value is -4.48.